The maximum absolute atomic E-state index is 10.0. The Labute approximate surface area is 195 Å². The van der Waals surface area contributed by atoms with Crippen molar-refractivity contribution in [2.75, 3.05) is 53.3 Å². The molecule has 0 heterocycles. The van der Waals surface area contributed by atoms with Crippen LogP contribution in [0.15, 0.2) is 70.9 Å². The molecule has 9 nitrogen and oxygen atoms in total. The normalized spacial score (nSPS) is 11.9. The second-order valence-corrected chi connectivity index (χ2v) is 9.50. The first-order valence-corrected chi connectivity index (χ1v) is 11.5. The molecule has 0 spiro atoms. The Morgan fingerprint density at radius 3 is 2.09 bits per heavy atom. The summed E-state index contributed by atoms with van der Waals surface area (Å²) in [5.41, 5.74) is 2.63. The van der Waals surface area contributed by atoms with Gasteiger partial charge in [-0.15, -0.1) is 10.2 Å². The van der Waals surface area contributed by atoms with Crippen molar-refractivity contribution in [3.63, 3.8) is 0 Å². The first kappa shape index (κ1) is 26.2. The van der Waals surface area contributed by atoms with Gasteiger partial charge in [0, 0.05) is 17.8 Å². The van der Waals surface area contributed by atoms with Crippen molar-refractivity contribution in [2.45, 2.75) is 0 Å². The number of phenolic OH excluding ortho intramolecular Hbond substituents is 1. The van der Waals surface area contributed by atoms with Crippen LogP contribution in [0.2, 0.25) is 0 Å². The molecule has 0 bridgehead atoms. The summed E-state index contributed by atoms with van der Waals surface area (Å²) in [5, 5.41) is 20.7. The van der Waals surface area contributed by atoms with Crippen LogP contribution in [0.5, 0.6) is 5.75 Å². The molecule has 3 rings (SSSR count). The minimum absolute atomic E-state index is 0.255. The fourth-order valence-electron chi connectivity index (χ4n) is 2.90. The lowest BCUT2D eigenvalue weighted by atomic mass is 10.1. The maximum atomic E-state index is 10.0. The van der Waals surface area contributed by atoms with E-state index in [-0.39, 0.29) is 5.75 Å². The Morgan fingerprint density at radius 1 is 0.939 bits per heavy atom. The van der Waals surface area contributed by atoms with E-state index in [1.807, 2.05) is 42.5 Å². The lowest BCUT2D eigenvalue weighted by Crippen LogP contribution is -2.41. The number of anilines is 1. The molecule has 0 saturated heterocycles. The molecule has 33 heavy (non-hydrogen) atoms. The van der Waals surface area contributed by atoms with E-state index >= 15 is 0 Å². The van der Waals surface area contributed by atoms with Crippen LogP contribution >= 0.6 is 0 Å². The van der Waals surface area contributed by atoms with Crippen LogP contribution in [0.4, 0.5) is 17.1 Å². The highest BCUT2D eigenvalue weighted by molar-refractivity contribution is 7.80. The fourth-order valence-corrected chi connectivity index (χ4v) is 2.90. The first-order valence-electron chi connectivity index (χ1n) is 10.2. The monoisotopic (exact) mass is 474 g/mol. The van der Waals surface area contributed by atoms with E-state index in [0.29, 0.717) is 0 Å². The van der Waals surface area contributed by atoms with E-state index < -0.39 is 10.4 Å². The summed E-state index contributed by atoms with van der Waals surface area (Å²) in [6.45, 7) is 1.96. The van der Waals surface area contributed by atoms with Gasteiger partial charge < -0.3 is 19.0 Å². The van der Waals surface area contributed by atoms with Crippen LogP contribution in [0.25, 0.3) is 10.8 Å². The van der Waals surface area contributed by atoms with Gasteiger partial charge in [0.05, 0.1) is 52.7 Å². The van der Waals surface area contributed by atoms with Crippen LogP contribution < -0.4 is 4.90 Å². The summed E-state index contributed by atoms with van der Waals surface area (Å²) >= 11 is 0. The number of quaternary nitrogens is 1. The topological polar surface area (TPSA) is 115 Å². The van der Waals surface area contributed by atoms with Gasteiger partial charge in [-0.3, -0.25) is 4.18 Å². The highest BCUT2D eigenvalue weighted by Crippen LogP contribution is 2.35. The van der Waals surface area contributed by atoms with Crippen molar-refractivity contribution in [2.24, 2.45) is 10.2 Å². The average molecular weight is 475 g/mol. The summed E-state index contributed by atoms with van der Waals surface area (Å²) < 4.78 is 31.9. The molecule has 3 aromatic rings. The van der Waals surface area contributed by atoms with E-state index in [9.17, 15) is 18.1 Å². The van der Waals surface area contributed by atoms with Gasteiger partial charge in [-0.25, -0.2) is 8.42 Å². The van der Waals surface area contributed by atoms with Crippen LogP contribution in [0.3, 0.4) is 0 Å². The summed E-state index contributed by atoms with van der Waals surface area (Å²) in [6, 6.07) is 19.2. The minimum atomic E-state index is -4.41. The molecule has 10 heteroatoms. The Kier molecular flexibility index (Phi) is 8.89. The number of likely N-dealkylation sites (N-methyl/N-ethyl adjacent to an activating group) is 2. The number of benzene rings is 3. The number of aromatic hydroxyl groups is 1. The highest BCUT2D eigenvalue weighted by Gasteiger charge is 2.12. The van der Waals surface area contributed by atoms with Crippen LogP contribution in [-0.2, 0) is 14.6 Å². The predicted octanol–water partition coefficient (Wildman–Crippen LogP) is 4.20. The first-order chi connectivity index (χ1) is 15.4. The molecule has 178 valence electrons. The molecule has 0 unspecified atom stereocenters. The molecule has 0 saturated carbocycles. The Morgan fingerprint density at radius 2 is 1.48 bits per heavy atom. The van der Waals surface area contributed by atoms with Crippen molar-refractivity contribution >= 4 is 38.2 Å². The maximum Gasteiger partial charge on any atom is 0.217 e. The average Bonchev–Trinajstić information content (AvgIpc) is 2.77. The number of phenols is 1. The fraction of sp³-hybridized carbons (Fsp3) is 0.304. The summed E-state index contributed by atoms with van der Waals surface area (Å²) in [5.74, 6) is 0.255. The largest absolute Gasteiger partial charge is 0.726 e. The quantitative estimate of drug-likeness (QED) is 0.238. The van der Waals surface area contributed by atoms with Gasteiger partial charge in [-0.2, -0.15) is 0 Å². The van der Waals surface area contributed by atoms with E-state index in [1.54, 1.807) is 12.1 Å². The van der Waals surface area contributed by atoms with Crippen molar-refractivity contribution in [1.82, 2.24) is 0 Å². The number of nitrogens with zero attached hydrogens (tertiary/aromatic N) is 4. The minimum Gasteiger partial charge on any atom is -0.726 e. The molecule has 0 amide bonds. The van der Waals surface area contributed by atoms with Crippen LogP contribution in [0, 0.1) is 0 Å². The standard InChI is InChI=1S/C22H26N4O.CH4O4S/c1-25(15-16-26(2,3)4)21-12-8-7-11-20(21)24-23-19-13-14-22(27)18-10-6-5-9-17(18)19;1-5-6(2,3)4/h5-14H,15-16H2,1-4H3;1H3,(H,2,3,4). The van der Waals surface area contributed by atoms with Gasteiger partial charge in [0.2, 0.25) is 10.4 Å². The molecular formula is C23H30N4O5S. The Balaban J connectivity index is 0.000000569. The van der Waals surface area contributed by atoms with Gasteiger partial charge in [-0.05, 0) is 24.3 Å². The van der Waals surface area contributed by atoms with E-state index in [1.165, 1.54) is 0 Å². The molecular weight excluding hydrogens is 444 g/mol. The number of hydrogen-bond donors (Lipinski definition) is 1. The summed E-state index contributed by atoms with van der Waals surface area (Å²) in [4.78, 5) is 2.22. The van der Waals surface area contributed by atoms with E-state index in [2.05, 4.69) is 53.6 Å². The number of para-hydroxylation sites is 1. The number of hydrogen-bond acceptors (Lipinski definition) is 8. The molecule has 0 atom stereocenters. The SMILES string of the molecule is CN(CC[N+](C)(C)C)c1ccccc1N=Nc1ccc(O)c2ccccc12.COS(=O)(=O)[O-]. The predicted molar refractivity (Wildman–Crippen MR) is 129 cm³/mol. The van der Waals surface area contributed by atoms with Gasteiger partial charge in [-0.1, -0.05) is 36.4 Å². The lowest BCUT2D eigenvalue weighted by molar-refractivity contribution is -0.868. The van der Waals surface area contributed by atoms with Crippen molar-refractivity contribution in [3.05, 3.63) is 60.7 Å². The zero-order chi connectivity index (χ0) is 24.6. The van der Waals surface area contributed by atoms with Crippen LogP contribution in [0.1, 0.15) is 0 Å². The molecule has 0 aliphatic heterocycles. The molecule has 0 aliphatic rings. The van der Waals surface area contributed by atoms with Gasteiger partial charge in [0.1, 0.15) is 11.4 Å². The van der Waals surface area contributed by atoms with Crippen LogP contribution in [-0.4, -0.2) is 71.0 Å². The second kappa shape index (κ2) is 11.2. The van der Waals surface area contributed by atoms with Crippen molar-refractivity contribution < 1.29 is 26.7 Å². The van der Waals surface area contributed by atoms with Crippen molar-refractivity contribution in [1.29, 1.82) is 0 Å². The molecule has 0 radical (unpaired) electrons. The summed E-state index contributed by atoms with van der Waals surface area (Å²) in [6.07, 6.45) is 0. The number of fused-ring (bicyclic) bond motifs is 1. The third-order valence-corrected chi connectivity index (χ3v) is 5.16. The molecule has 0 aliphatic carbocycles. The lowest BCUT2D eigenvalue weighted by Gasteiger charge is -2.28. The smallest absolute Gasteiger partial charge is 0.217 e. The van der Waals surface area contributed by atoms with Crippen molar-refractivity contribution in [3.8, 4) is 5.75 Å². The second-order valence-electron chi connectivity index (χ2n) is 8.35. The van der Waals surface area contributed by atoms with E-state index in [4.69, 9.17) is 0 Å². The zero-order valence-corrected chi connectivity index (χ0v) is 20.3. The Bertz CT molecular complexity index is 1210. The molecule has 3 aromatic carbocycles. The Hall–Kier alpha value is -3.05. The third kappa shape index (κ3) is 8.43. The molecule has 0 aromatic heterocycles. The van der Waals surface area contributed by atoms with Gasteiger partial charge >= 0.3 is 0 Å². The van der Waals surface area contributed by atoms with Gasteiger partial charge in [0.25, 0.3) is 0 Å². The van der Waals surface area contributed by atoms with Gasteiger partial charge in [0.15, 0.2) is 0 Å². The number of rotatable bonds is 7. The summed E-state index contributed by atoms with van der Waals surface area (Å²) in [7, 11) is 5.05. The number of azo groups is 1. The highest BCUT2D eigenvalue weighted by atomic mass is 32.3. The third-order valence-electron chi connectivity index (χ3n) is 4.75. The molecule has 0 fully saturated rings. The zero-order valence-electron chi connectivity index (χ0n) is 19.5. The van der Waals surface area contributed by atoms with E-state index in [0.717, 1.165) is 52.5 Å². The molecule has 1 N–H and O–H groups in total.